The van der Waals surface area contributed by atoms with Crippen LogP contribution in [0, 0.1) is 0 Å². The summed E-state index contributed by atoms with van der Waals surface area (Å²) in [6.07, 6.45) is 5.92. The lowest BCUT2D eigenvalue weighted by Crippen LogP contribution is -2.11. The molecule has 140 valence electrons. The number of carbonyl (C=O) groups excluding carboxylic acids is 1. The normalized spacial score (nSPS) is 10.8. The highest BCUT2D eigenvalue weighted by Gasteiger charge is 2.07. The quantitative estimate of drug-likeness (QED) is 0.477. The van der Waals surface area contributed by atoms with Crippen molar-refractivity contribution in [2.45, 2.75) is 11.5 Å². The number of ether oxygens (including phenoxy) is 1. The molecule has 0 aliphatic heterocycles. The molecule has 1 amide bonds. The van der Waals surface area contributed by atoms with Crippen molar-refractivity contribution in [1.82, 2.24) is 9.38 Å². The number of carbonyl (C=O) groups is 1. The summed E-state index contributed by atoms with van der Waals surface area (Å²) < 4.78 is 7.75. The van der Waals surface area contributed by atoms with E-state index in [9.17, 15) is 4.79 Å². The number of nitrogens with zero attached hydrogens (tertiary/aromatic N) is 2. The molecule has 0 saturated heterocycles. The largest absolute Gasteiger partial charge is 0.487 e. The lowest BCUT2D eigenvalue weighted by Gasteiger charge is -2.08. The zero-order chi connectivity index (χ0) is 19.3. The molecule has 4 rings (SSSR count). The summed E-state index contributed by atoms with van der Waals surface area (Å²) in [6, 6.07) is 20.7. The summed E-state index contributed by atoms with van der Waals surface area (Å²) in [5.41, 5.74) is 3.09. The van der Waals surface area contributed by atoms with Crippen LogP contribution in [0.2, 0.25) is 0 Å². The molecular weight excluding hydrogens is 370 g/mol. The molecule has 2 aromatic heterocycles. The molecule has 0 saturated carbocycles. The van der Waals surface area contributed by atoms with Crippen molar-refractivity contribution in [2.75, 3.05) is 11.6 Å². The topological polar surface area (TPSA) is 55.6 Å². The first-order chi connectivity index (χ1) is 13.7. The van der Waals surface area contributed by atoms with Gasteiger partial charge in [-0.05, 0) is 66.9 Å². The van der Waals surface area contributed by atoms with E-state index in [1.54, 1.807) is 36.0 Å². The van der Waals surface area contributed by atoms with Crippen molar-refractivity contribution < 1.29 is 9.53 Å². The van der Waals surface area contributed by atoms with Gasteiger partial charge in [0.15, 0.2) is 0 Å². The van der Waals surface area contributed by atoms with E-state index in [0.717, 1.165) is 21.9 Å². The molecule has 0 aliphatic carbocycles. The average molecular weight is 389 g/mol. The predicted octanol–water partition coefficient (Wildman–Crippen LogP) is 4.89. The van der Waals surface area contributed by atoms with Crippen LogP contribution in [-0.2, 0) is 6.61 Å². The zero-order valence-electron chi connectivity index (χ0n) is 15.3. The summed E-state index contributed by atoms with van der Waals surface area (Å²) in [7, 11) is 0. The highest BCUT2D eigenvalue weighted by atomic mass is 32.2. The number of thioether (sulfide) groups is 1. The van der Waals surface area contributed by atoms with E-state index in [0.29, 0.717) is 17.9 Å². The lowest BCUT2D eigenvalue weighted by molar-refractivity contribution is 0.102. The van der Waals surface area contributed by atoms with Crippen LogP contribution in [0.3, 0.4) is 0 Å². The number of benzene rings is 2. The van der Waals surface area contributed by atoms with Gasteiger partial charge in [-0.3, -0.25) is 4.79 Å². The van der Waals surface area contributed by atoms with Gasteiger partial charge in [-0.15, -0.1) is 11.8 Å². The molecule has 28 heavy (non-hydrogen) atoms. The van der Waals surface area contributed by atoms with Gasteiger partial charge in [-0.1, -0.05) is 6.07 Å². The Balaban J connectivity index is 1.36. The molecule has 0 unspecified atom stereocenters. The third kappa shape index (κ3) is 4.18. The summed E-state index contributed by atoms with van der Waals surface area (Å²) in [5, 5.41) is 2.90. The van der Waals surface area contributed by atoms with Gasteiger partial charge in [0.05, 0.1) is 5.69 Å². The Morgan fingerprint density at radius 1 is 1.07 bits per heavy atom. The molecule has 5 nitrogen and oxygen atoms in total. The van der Waals surface area contributed by atoms with E-state index < -0.39 is 0 Å². The molecule has 0 fully saturated rings. The van der Waals surface area contributed by atoms with Gasteiger partial charge in [-0.25, -0.2) is 4.98 Å². The third-order valence-corrected chi connectivity index (χ3v) is 5.01. The van der Waals surface area contributed by atoms with Crippen LogP contribution in [-0.4, -0.2) is 21.5 Å². The van der Waals surface area contributed by atoms with Crippen LogP contribution < -0.4 is 10.1 Å². The third-order valence-electron chi connectivity index (χ3n) is 4.26. The van der Waals surface area contributed by atoms with Gasteiger partial charge in [0.2, 0.25) is 0 Å². The fourth-order valence-corrected chi connectivity index (χ4v) is 3.20. The number of amides is 1. The summed E-state index contributed by atoms with van der Waals surface area (Å²) in [5.74, 6) is 0.543. The predicted molar refractivity (Wildman–Crippen MR) is 112 cm³/mol. The first-order valence-corrected chi connectivity index (χ1v) is 10.0. The number of imidazole rings is 1. The maximum Gasteiger partial charge on any atom is 0.255 e. The summed E-state index contributed by atoms with van der Waals surface area (Å²) >= 11 is 1.67. The van der Waals surface area contributed by atoms with E-state index in [4.69, 9.17) is 4.74 Å². The summed E-state index contributed by atoms with van der Waals surface area (Å²) in [6.45, 7) is 0.370. The van der Waals surface area contributed by atoms with E-state index in [1.165, 1.54) is 0 Å². The zero-order valence-corrected chi connectivity index (χ0v) is 16.1. The molecule has 4 aromatic rings. The molecule has 2 heterocycles. The first-order valence-electron chi connectivity index (χ1n) is 8.82. The van der Waals surface area contributed by atoms with E-state index in [1.807, 2.05) is 65.5 Å². The Labute approximate surface area is 167 Å². The van der Waals surface area contributed by atoms with Crippen LogP contribution >= 0.6 is 11.8 Å². The molecule has 2 aromatic carbocycles. The van der Waals surface area contributed by atoms with Crippen molar-refractivity contribution in [3.8, 4) is 5.75 Å². The molecule has 1 N–H and O–H groups in total. The van der Waals surface area contributed by atoms with Gasteiger partial charge < -0.3 is 14.5 Å². The van der Waals surface area contributed by atoms with Gasteiger partial charge in [-0.2, -0.15) is 0 Å². The highest BCUT2D eigenvalue weighted by molar-refractivity contribution is 7.98. The van der Waals surface area contributed by atoms with Crippen LogP contribution in [0.15, 0.2) is 84.0 Å². The number of nitrogens with one attached hydrogen (secondary N) is 1. The molecule has 0 aliphatic rings. The fourth-order valence-electron chi connectivity index (χ4n) is 2.79. The second kappa shape index (κ2) is 8.19. The van der Waals surface area contributed by atoms with Crippen LogP contribution in [0.1, 0.15) is 16.1 Å². The number of hydrogen-bond acceptors (Lipinski definition) is 4. The van der Waals surface area contributed by atoms with Gasteiger partial charge >= 0.3 is 0 Å². The van der Waals surface area contributed by atoms with Crippen LogP contribution in [0.4, 0.5) is 5.69 Å². The Hall–Kier alpha value is -3.25. The van der Waals surface area contributed by atoms with Gasteiger partial charge in [0, 0.05) is 28.5 Å². The van der Waals surface area contributed by atoms with Gasteiger partial charge in [0.25, 0.3) is 5.91 Å². The minimum absolute atomic E-state index is 0.149. The average Bonchev–Trinajstić information content (AvgIpc) is 3.16. The maximum absolute atomic E-state index is 12.4. The second-order valence-corrected chi connectivity index (χ2v) is 7.07. The number of rotatable bonds is 6. The summed E-state index contributed by atoms with van der Waals surface area (Å²) in [4.78, 5) is 18.1. The van der Waals surface area contributed by atoms with Crippen molar-refractivity contribution in [1.29, 1.82) is 0 Å². The Kier molecular flexibility index (Phi) is 5.30. The number of fused-ring (bicyclic) bond motifs is 1. The smallest absolute Gasteiger partial charge is 0.255 e. The number of hydrogen-bond donors (Lipinski definition) is 1. The van der Waals surface area contributed by atoms with E-state index in [-0.39, 0.29) is 5.91 Å². The number of pyridine rings is 1. The second-order valence-electron chi connectivity index (χ2n) is 6.19. The highest BCUT2D eigenvalue weighted by Crippen LogP contribution is 2.19. The van der Waals surface area contributed by atoms with Crippen LogP contribution in [0.5, 0.6) is 5.75 Å². The molecule has 0 spiro atoms. The molecule has 6 heteroatoms. The molecular formula is C22H19N3O2S. The fraction of sp³-hybridized carbons (Fsp3) is 0.0909. The van der Waals surface area contributed by atoms with E-state index >= 15 is 0 Å². The Bertz CT molecular complexity index is 1060. The SMILES string of the molecule is CSc1ccc(NC(=O)c2ccc(OCc3cn4ccccc4n3)cc2)cc1. The standard InChI is InChI=1S/C22H19N3O2S/c1-28-20-11-7-17(8-12-20)24-22(26)16-5-9-19(10-6-16)27-15-18-14-25-13-3-2-4-21(25)23-18/h2-14H,15H2,1H3,(H,24,26). The minimum Gasteiger partial charge on any atom is -0.487 e. The van der Waals surface area contributed by atoms with Crippen molar-refractivity contribution >= 4 is 29.0 Å². The number of anilines is 1. The first kappa shape index (κ1) is 18.1. The minimum atomic E-state index is -0.149. The van der Waals surface area contributed by atoms with Crippen molar-refractivity contribution in [2.24, 2.45) is 0 Å². The van der Waals surface area contributed by atoms with Gasteiger partial charge in [0.1, 0.15) is 18.0 Å². The van der Waals surface area contributed by atoms with E-state index in [2.05, 4.69) is 10.3 Å². The van der Waals surface area contributed by atoms with Crippen LogP contribution in [0.25, 0.3) is 5.65 Å². The molecule has 0 radical (unpaired) electrons. The Morgan fingerprint density at radius 3 is 2.57 bits per heavy atom. The van der Waals surface area contributed by atoms with Crippen molar-refractivity contribution in [3.05, 3.63) is 90.4 Å². The molecule has 0 atom stereocenters. The lowest BCUT2D eigenvalue weighted by atomic mass is 10.2. The monoisotopic (exact) mass is 389 g/mol. The molecule has 0 bridgehead atoms. The number of aromatic nitrogens is 2. The van der Waals surface area contributed by atoms with Crippen molar-refractivity contribution in [3.63, 3.8) is 0 Å². The Morgan fingerprint density at radius 2 is 1.86 bits per heavy atom. The maximum atomic E-state index is 12.4.